The third-order valence-electron chi connectivity index (χ3n) is 2.35. The van der Waals surface area contributed by atoms with Crippen LogP contribution >= 0.6 is 0 Å². The molecule has 0 aromatic heterocycles. The molecule has 0 aromatic rings. The van der Waals surface area contributed by atoms with Crippen LogP contribution in [-0.4, -0.2) is 19.0 Å². The van der Waals surface area contributed by atoms with E-state index in [4.69, 9.17) is 4.74 Å². The zero-order valence-corrected chi connectivity index (χ0v) is 6.02. The fourth-order valence-electron chi connectivity index (χ4n) is 1.66. The van der Waals surface area contributed by atoms with Gasteiger partial charge in [-0.3, -0.25) is 4.79 Å². The number of rotatable bonds is 0. The van der Waals surface area contributed by atoms with Crippen molar-refractivity contribution in [3.05, 3.63) is 11.6 Å². The Hall–Kier alpha value is -0.630. The lowest BCUT2D eigenvalue weighted by molar-refractivity contribution is -0.115. The highest BCUT2D eigenvalue weighted by Gasteiger charge is 2.40. The third-order valence-corrected chi connectivity index (χ3v) is 2.35. The molecular weight excluding hydrogens is 128 g/mol. The Kier molecular flexibility index (Phi) is 1.04. The average Bonchev–Trinajstić information content (AvgIpc) is 2.20. The molecule has 2 heteroatoms. The van der Waals surface area contributed by atoms with Crippen LogP contribution in [0.2, 0.25) is 0 Å². The summed E-state index contributed by atoms with van der Waals surface area (Å²) in [5.41, 5.74) is 1.26. The summed E-state index contributed by atoms with van der Waals surface area (Å²) in [4.78, 5) is 10.9. The molecule has 1 heterocycles. The van der Waals surface area contributed by atoms with E-state index in [0.717, 1.165) is 6.61 Å². The van der Waals surface area contributed by atoms with E-state index < -0.39 is 0 Å². The maximum atomic E-state index is 10.9. The summed E-state index contributed by atoms with van der Waals surface area (Å²) in [6, 6.07) is 0. The molecule has 1 saturated heterocycles. The van der Waals surface area contributed by atoms with Crippen molar-refractivity contribution >= 4 is 5.78 Å². The van der Waals surface area contributed by atoms with Gasteiger partial charge in [-0.05, 0) is 11.6 Å². The lowest BCUT2D eigenvalue weighted by Gasteiger charge is -2.15. The van der Waals surface area contributed by atoms with Gasteiger partial charge in [0.2, 0.25) is 0 Å². The fraction of sp³-hybridized carbons (Fsp3) is 0.625. The number of ketones is 1. The van der Waals surface area contributed by atoms with Gasteiger partial charge in [0.25, 0.3) is 0 Å². The Morgan fingerprint density at radius 2 is 2.50 bits per heavy atom. The molecule has 0 radical (unpaired) electrons. The number of ether oxygens (including phenoxy) is 1. The minimum absolute atomic E-state index is 0.0666. The van der Waals surface area contributed by atoms with Crippen molar-refractivity contribution in [1.29, 1.82) is 0 Å². The molecule has 2 nitrogen and oxygen atoms in total. The van der Waals surface area contributed by atoms with E-state index in [0.29, 0.717) is 13.0 Å². The summed E-state index contributed by atoms with van der Waals surface area (Å²) in [5.74, 6) is 0.265. The first-order valence-electron chi connectivity index (χ1n) is 3.52. The molecular formula is C8H10O2. The largest absolute Gasteiger partial charge is 0.376 e. The molecule has 0 bridgehead atoms. The van der Waals surface area contributed by atoms with Crippen LogP contribution in [0.5, 0.6) is 0 Å². The Labute approximate surface area is 59.9 Å². The lowest BCUT2D eigenvalue weighted by atomic mass is 9.87. The van der Waals surface area contributed by atoms with Crippen molar-refractivity contribution in [3.8, 4) is 0 Å². The van der Waals surface area contributed by atoms with Crippen LogP contribution in [0.25, 0.3) is 0 Å². The molecule has 1 atom stereocenters. The van der Waals surface area contributed by atoms with Crippen LogP contribution in [0, 0.1) is 5.41 Å². The molecule has 1 aliphatic heterocycles. The summed E-state index contributed by atoms with van der Waals surface area (Å²) >= 11 is 0. The second kappa shape index (κ2) is 1.70. The topological polar surface area (TPSA) is 26.3 Å². The Bertz CT molecular complexity index is 217. The van der Waals surface area contributed by atoms with Gasteiger partial charge in [0.1, 0.15) is 0 Å². The van der Waals surface area contributed by atoms with Gasteiger partial charge in [-0.1, -0.05) is 6.92 Å². The number of hydrogen-bond acceptors (Lipinski definition) is 2. The predicted octanol–water partition coefficient (Wildman–Crippen LogP) is 0.922. The molecule has 0 N–H and O–H groups in total. The lowest BCUT2D eigenvalue weighted by Crippen LogP contribution is -2.15. The van der Waals surface area contributed by atoms with Gasteiger partial charge in [0, 0.05) is 11.8 Å². The highest BCUT2D eigenvalue weighted by atomic mass is 16.5. The van der Waals surface area contributed by atoms with E-state index in [-0.39, 0.29) is 11.2 Å². The van der Waals surface area contributed by atoms with E-state index >= 15 is 0 Å². The minimum atomic E-state index is 0.0666. The summed E-state index contributed by atoms with van der Waals surface area (Å²) in [7, 11) is 0. The van der Waals surface area contributed by atoms with Crippen molar-refractivity contribution < 1.29 is 9.53 Å². The maximum Gasteiger partial charge on any atom is 0.156 e. The van der Waals surface area contributed by atoms with Crippen molar-refractivity contribution in [2.24, 2.45) is 5.41 Å². The first kappa shape index (κ1) is 6.10. The first-order valence-corrected chi connectivity index (χ1v) is 3.52. The Morgan fingerprint density at radius 1 is 1.70 bits per heavy atom. The van der Waals surface area contributed by atoms with Crippen LogP contribution in [0.15, 0.2) is 11.6 Å². The molecule has 0 saturated carbocycles. The fourth-order valence-corrected chi connectivity index (χ4v) is 1.66. The number of allylic oxidation sites excluding steroid dienone is 1. The third kappa shape index (κ3) is 0.655. The smallest absolute Gasteiger partial charge is 0.156 e. The quantitative estimate of drug-likeness (QED) is 0.497. The summed E-state index contributed by atoms with van der Waals surface area (Å²) in [6.45, 7) is 3.49. The van der Waals surface area contributed by atoms with Gasteiger partial charge in [0.15, 0.2) is 5.78 Å². The zero-order chi connectivity index (χ0) is 7.19. The van der Waals surface area contributed by atoms with Crippen molar-refractivity contribution in [2.45, 2.75) is 13.3 Å². The van der Waals surface area contributed by atoms with E-state index in [2.05, 4.69) is 6.92 Å². The SMILES string of the molecule is CC12COCC1=CC(=O)C2. The molecule has 0 aromatic carbocycles. The maximum absolute atomic E-state index is 10.9. The summed E-state index contributed by atoms with van der Waals surface area (Å²) in [5, 5.41) is 0. The van der Waals surface area contributed by atoms with Gasteiger partial charge in [-0.25, -0.2) is 0 Å². The van der Waals surface area contributed by atoms with Crippen LogP contribution < -0.4 is 0 Å². The molecule has 1 unspecified atom stereocenters. The summed E-state index contributed by atoms with van der Waals surface area (Å²) < 4.78 is 5.24. The number of hydrogen-bond donors (Lipinski definition) is 0. The standard InChI is InChI=1S/C8H10O2/c1-8-3-7(9)2-6(8)4-10-5-8/h2H,3-5H2,1H3. The van der Waals surface area contributed by atoms with Crippen LogP contribution in [-0.2, 0) is 9.53 Å². The molecule has 54 valence electrons. The molecule has 0 amide bonds. The Morgan fingerprint density at radius 3 is 3.20 bits per heavy atom. The highest BCUT2D eigenvalue weighted by molar-refractivity contribution is 5.94. The van der Waals surface area contributed by atoms with Crippen LogP contribution in [0.3, 0.4) is 0 Å². The molecule has 1 aliphatic carbocycles. The van der Waals surface area contributed by atoms with E-state index in [1.165, 1.54) is 5.57 Å². The number of carbonyl (C=O) groups excluding carboxylic acids is 1. The first-order chi connectivity index (χ1) is 4.71. The minimum Gasteiger partial charge on any atom is -0.376 e. The second-order valence-corrected chi connectivity index (χ2v) is 3.37. The van der Waals surface area contributed by atoms with Crippen molar-refractivity contribution in [1.82, 2.24) is 0 Å². The van der Waals surface area contributed by atoms with Crippen LogP contribution in [0.1, 0.15) is 13.3 Å². The Balaban J connectivity index is 2.37. The number of fused-ring (bicyclic) bond motifs is 1. The second-order valence-electron chi connectivity index (χ2n) is 3.37. The highest BCUT2D eigenvalue weighted by Crippen LogP contribution is 2.41. The van der Waals surface area contributed by atoms with E-state index in [9.17, 15) is 4.79 Å². The van der Waals surface area contributed by atoms with Gasteiger partial charge in [0.05, 0.1) is 13.2 Å². The monoisotopic (exact) mass is 138 g/mol. The van der Waals surface area contributed by atoms with Crippen LogP contribution in [0.4, 0.5) is 0 Å². The molecule has 10 heavy (non-hydrogen) atoms. The van der Waals surface area contributed by atoms with Gasteiger partial charge >= 0.3 is 0 Å². The van der Waals surface area contributed by atoms with Gasteiger partial charge < -0.3 is 4.74 Å². The molecule has 1 fully saturated rings. The van der Waals surface area contributed by atoms with Gasteiger partial charge in [-0.2, -0.15) is 0 Å². The van der Waals surface area contributed by atoms with Crippen molar-refractivity contribution in [3.63, 3.8) is 0 Å². The van der Waals surface area contributed by atoms with Gasteiger partial charge in [-0.15, -0.1) is 0 Å². The number of carbonyl (C=O) groups is 1. The average molecular weight is 138 g/mol. The molecule has 2 aliphatic rings. The molecule has 2 rings (SSSR count). The zero-order valence-electron chi connectivity index (χ0n) is 6.02. The normalized spacial score (nSPS) is 38.1. The molecule has 0 spiro atoms. The summed E-state index contributed by atoms with van der Waals surface area (Å²) in [6.07, 6.45) is 2.40. The predicted molar refractivity (Wildman–Crippen MR) is 36.6 cm³/mol. The van der Waals surface area contributed by atoms with E-state index in [1.807, 2.05) is 0 Å². The van der Waals surface area contributed by atoms with E-state index in [1.54, 1.807) is 6.08 Å². The van der Waals surface area contributed by atoms with Crippen molar-refractivity contribution in [2.75, 3.05) is 13.2 Å².